The van der Waals surface area contributed by atoms with Crippen LogP contribution in [0.5, 0.6) is 5.75 Å². The Morgan fingerprint density at radius 1 is 1.06 bits per heavy atom. The van der Waals surface area contributed by atoms with Crippen LogP contribution in [0.4, 0.5) is 0 Å². The highest BCUT2D eigenvalue weighted by atomic mass is 32.2. The summed E-state index contributed by atoms with van der Waals surface area (Å²) in [6.45, 7) is 8.81. The molecule has 7 nitrogen and oxygen atoms in total. The molecule has 2 aromatic carbocycles. The number of nitrogens with one attached hydrogen (secondary N) is 1. The molecule has 8 heteroatoms. The highest BCUT2D eigenvalue weighted by molar-refractivity contribution is 7.89. The van der Waals surface area contributed by atoms with Crippen molar-refractivity contribution in [3.8, 4) is 5.75 Å². The molecule has 1 aliphatic rings. The van der Waals surface area contributed by atoms with E-state index in [2.05, 4.69) is 5.32 Å². The van der Waals surface area contributed by atoms with Gasteiger partial charge in [0.15, 0.2) is 0 Å². The van der Waals surface area contributed by atoms with Gasteiger partial charge < -0.3 is 15.0 Å². The van der Waals surface area contributed by atoms with Crippen molar-refractivity contribution >= 4 is 15.9 Å². The van der Waals surface area contributed by atoms with Gasteiger partial charge in [-0.2, -0.15) is 4.31 Å². The molecule has 32 heavy (non-hydrogen) atoms. The van der Waals surface area contributed by atoms with Gasteiger partial charge in [0.1, 0.15) is 5.75 Å². The zero-order valence-electron chi connectivity index (χ0n) is 19.3. The first-order chi connectivity index (χ1) is 15.2. The lowest BCUT2D eigenvalue weighted by molar-refractivity contribution is -0.131. The Kier molecular flexibility index (Phi) is 7.92. The van der Waals surface area contributed by atoms with E-state index in [1.165, 1.54) is 4.31 Å². The van der Waals surface area contributed by atoms with E-state index in [9.17, 15) is 13.2 Å². The van der Waals surface area contributed by atoms with Gasteiger partial charge in [0.2, 0.25) is 15.9 Å². The summed E-state index contributed by atoms with van der Waals surface area (Å²) >= 11 is 0. The van der Waals surface area contributed by atoms with Gasteiger partial charge in [0.25, 0.3) is 0 Å². The van der Waals surface area contributed by atoms with Crippen molar-refractivity contribution < 1.29 is 17.9 Å². The Morgan fingerprint density at radius 2 is 1.75 bits per heavy atom. The molecule has 0 aromatic heterocycles. The van der Waals surface area contributed by atoms with Crippen LogP contribution < -0.4 is 10.1 Å². The first-order valence-corrected chi connectivity index (χ1v) is 12.4. The molecule has 0 unspecified atom stereocenters. The van der Waals surface area contributed by atoms with Gasteiger partial charge in [-0.3, -0.25) is 4.79 Å². The number of rotatable bonds is 8. The van der Waals surface area contributed by atoms with Gasteiger partial charge in [-0.1, -0.05) is 18.2 Å². The second-order valence-corrected chi connectivity index (χ2v) is 10.2. The van der Waals surface area contributed by atoms with Gasteiger partial charge in [-0.05, 0) is 61.2 Å². The van der Waals surface area contributed by atoms with Crippen LogP contribution >= 0.6 is 0 Å². The zero-order valence-corrected chi connectivity index (χ0v) is 20.2. The standard InChI is InChI=1S/C24H33N3O4S/c1-18-14-20(3)23(15-19(18)2)32(29,30)27(17-21-6-5-7-22(16-21)31-4)11-8-24(28)26-12-9-25-10-13-26/h5-7,14-16,25H,8-13,17H2,1-4H3. The molecule has 0 saturated carbocycles. The van der Waals surface area contributed by atoms with Gasteiger partial charge in [-0.15, -0.1) is 0 Å². The maximum Gasteiger partial charge on any atom is 0.243 e. The van der Waals surface area contributed by atoms with E-state index in [1.807, 2.05) is 51.1 Å². The number of hydrogen-bond acceptors (Lipinski definition) is 5. The third kappa shape index (κ3) is 5.68. The van der Waals surface area contributed by atoms with Crippen molar-refractivity contribution in [1.29, 1.82) is 0 Å². The highest BCUT2D eigenvalue weighted by Crippen LogP contribution is 2.26. The summed E-state index contributed by atoms with van der Waals surface area (Å²) in [6.07, 6.45) is 0.146. The second-order valence-electron chi connectivity index (χ2n) is 8.27. The fourth-order valence-corrected chi connectivity index (χ4v) is 5.62. The molecule has 2 aromatic rings. The van der Waals surface area contributed by atoms with E-state index in [-0.39, 0.29) is 30.3 Å². The van der Waals surface area contributed by atoms with Crippen molar-refractivity contribution in [3.63, 3.8) is 0 Å². The van der Waals surface area contributed by atoms with E-state index >= 15 is 0 Å². The summed E-state index contributed by atoms with van der Waals surface area (Å²) in [5.41, 5.74) is 3.49. The minimum atomic E-state index is -3.81. The lowest BCUT2D eigenvalue weighted by Gasteiger charge is -2.29. The molecule has 174 valence electrons. The van der Waals surface area contributed by atoms with Crippen LogP contribution in [-0.2, 0) is 21.4 Å². The number of amides is 1. The maximum absolute atomic E-state index is 13.7. The minimum Gasteiger partial charge on any atom is -0.497 e. The van der Waals surface area contributed by atoms with E-state index in [0.29, 0.717) is 24.4 Å². The van der Waals surface area contributed by atoms with Gasteiger partial charge in [-0.25, -0.2) is 8.42 Å². The molecule has 3 rings (SSSR count). The Morgan fingerprint density at radius 3 is 2.44 bits per heavy atom. The lowest BCUT2D eigenvalue weighted by atomic mass is 10.1. The van der Waals surface area contributed by atoms with Gasteiger partial charge >= 0.3 is 0 Å². The number of sulfonamides is 1. The molecule has 0 radical (unpaired) electrons. The number of carbonyl (C=O) groups is 1. The van der Waals surface area contributed by atoms with Crippen LogP contribution in [-0.4, -0.2) is 63.4 Å². The molecule has 1 fully saturated rings. The summed E-state index contributed by atoms with van der Waals surface area (Å²) < 4.78 is 34.2. The van der Waals surface area contributed by atoms with Crippen molar-refractivity contribution in [2.45, 2.75) is 38.6 Å². The Labute approximate surface area is 191 Å². The first-order valence-electron chi connectivity index (χ1n) is 10.9. The minimum absolute atomic E-state index is 0.0193. The summed E-state index contributed by atoms with van der Waals surface area (Å²) in [5, 5.41) is 3.23. The molecule has 1 saturated heterocycles. The largest absolute Gasteiger partial charge is 0.497 e. The molecule has 1 N–H and O–H groups in total. The molecule has 1 aliphatic heterocycles. The van der Waals surface area contributed by atoms with Crippen LogP contribution in [0.25, 0.3) is 0 Å². The third-order valence-electron chi connectivity index (χ3n) is 5.95. The van der Waals surface area contributed by atoms with Crippen LogP contribution in [0, 0.1) is 20.8 Å². The molecule has 0 bridgehead atoms. The third-order valence-corrected chi connectivity index (χ3v) is 7.93. The second kappa shape index (κ2) is 10.5. The molecule has 1 amide bonds. The molecule has 1 heterocycles. The fraction of sp³-hybridized carbons (Fsp3) is 0.458. The number of ether oxygens (including phenoxy) is 1. The monoisotopic (exact) mass is 459 g/mol. The van der Waals surface area contributed by atoms with Crippen LogP contribution in [0.2, 0.25) is 0 Å². The SMILES string of the molecule is COc1cccc(CN(CCC(=O)N2CCNCC2)S(=O)(=O)c2cc(C)c(C)cc2C)c1. The smallest absolute Gasteiger partial charge is 0.243 e. The van der Waals surface area contributed by atoms with E-state index < -0.39 is 10.0 Å². The number of piperazine rings is 1. The number of nitrogens with zero attached hydrogens (tertiary/aromatic N) is 2. The van der Waals surface area contributed by atoms with E-state index in [4.69, 9.17) is 4.74 Å². The molecular formula is C24H33N3O4S. The van der Waals surface area contributed by atoms with Crippen LogP contribution in [0.3, 0.4) is 0 Å². The number of benzene rings is 2. The summed E-state index contributed by atoms with van der Waals surface area (Å²) in [6, 6.07) is 11.0. The Bertz CT molecular complexity index is 1060. The fourth-order valence-electron chi connectivity index (χ4n) is 3.90. The average molecular weight is 460 g/mol. The Hall–Kier alpha value is -2.42. The number of hydrogen-bond donors (Lipinski definition) is 1. The van der Waals surface area contributed by atoms with Crippen LogP contribution in [0.1, 0.15) is 28.7 Å². The first kappa shape index (κ1) is 24.2. The lowest BCUT2D eigenvalue weighted by Crippen LogP contribution is -2.47. The molecule has 0 spiro atoms. The van der Waals surface area contributed by atoms with Gasteiger partial charge in [0.05, 0.1) is 12.0 Å². The van der Waals surface area contributed by atoms with Crippen molar-refractivity contribution in [1.82, 2.24) is 14.5 Å². The normalized spacial score (nSPS) is 14.6. The zero-order chi connectivity index (χ0) is 23.3. The highest BCUT2D eigenvalue weighted by Gasteiger charge is 2.28. The summed E-state index contributed by atoms with van der Waals surface area (Å²) in [7, 11) is -2.22. The maximum atomic E-state index is 13.7. The molecule has 0 atom stereocenters. The van der Waals surface area contributed by atoms with E-state index in [1.54, 1.807) is 18.1 Å². The summed E-state index contributed by atoms with van der Waals surface area (Å²) in [4.78, 5) is 14.8. The average Bonchev–Trinajstić information content (AvgIpc) is 2.79. The van der Waals surface area contributed by atoms with Crippen molar-refractivity contribution in [3.05, 3.63) is 58.7 Å². The quantitative estimate of drug-likeness (QED) is 0.657. The number of methoxy groups -OCH3 is 1. The van der Waals surface area contributed by atoms with Crippen molar-refractivity contribution in [2.75, 3.05) is 39.8 Å². The van der Waals surface area contributed by atoms with E-state index in [0.717, 1.165) is 29.8 Å². The molecular weight excluding hydrogens is 426 g/mol. The van der Waals surface area contributed by atoms with Gasteiger partial charge in [0, 0.05) is 45.7 Å². The van der Waals surface area contributed by atoms with Crippen molar-refractivity contribution in [2.24, 2.45) is 0 Å². The predicted molar refractivity (Wildman–Crippen MR) is 125 cm³/mol. The summed E-state index contributed by atoms with van der Waals surface area (Å²) in [5.74, 6) is 0.647. The topological polar surface area (TPSA) is 79.0 Å². The van der Waals surface area contributed by atoms with Crippen LogP contribution in [0.15, 0.2) is 41.3 Å². The predicted octanol–water partition coefficient (Wildman–Crippen LogP) is 2.63. The number of carbonyl (C=O) groups excluding carboxylic acids is 1. The number of aryl methyl sites for hydroxylation is 3. The Balaban J connectivity index is 1.89. The molecule has 0 aliphatic carbocycles.